The van der Waals surface area contributed by atoms with Gasteiger partial charge in [0, 0.05) is 44.0 Å². The second-order valence-electron chi connectivity index (χ2n) is 6.09. The third-order valence-electron chi connectivity index (χ3n) is 4.22. The number of halogens is 2. The number of carbonyl (C=O) groups excluding carboxylic acids is 1. The fourth-order valence-corrected chi connectivity index (χ4v) is 4.96. The highest BCUT2D eigenvalue weighted by Crippen LogP contribution is 2.28. The average Bonchev–Trinajstić information content (AvgIpc) is 3.07. The third kappa shape index (κ3) is 4.60. The van der Waals surface area contributed by atoms with Gasteiger partial charge in [0.15, 0.2) is 5.82 Å². The van der Waals surface area contributed by atoms with Crippen molar-refractivity contribution in [3.05, 3.63) is 40.0 Å². The number of amides is 1. The maximum atomic E-state index is 12.8. The summed E-state index contributed by atoms with van der Waals surface area (Å²) in [7, 11) is -3.77. The summed E-state index contributed by atoms with van der Waals surface area (Å²) in [5, 5.41) is 4.09. The monoisotopic (exact) mass is 432 g/mol. The molecule has 0 bridgehead atoms. The number of hydrogen-bond acceptors (Lipinski definition) is 6. The van der Waals surface area contributed by atoms with Gasteiger partial charge in [0.1, 0.15) is 4.90 Å². The molecule has 146 valence electrons. The van der Waals surface area contributed by atoms with E-state index in [-0.39, 0.29) is 35.3 Å². The topological polar surface area (TPSA) is 96.6 Å². The normalized spacial score (nSPS) is 15.9. The maximum Gasteiger partial charge on any atom is 0.244 e. The number of piperazine rings is 1. The first kappa shape index (κ1) is 20.1. The molecule has 8 nitrogen and oxygen atoms in total. The van der Waals surface area contributed by atoms with Gasteiger partial charge in [-0.05, 0) is 25.1 Å². The van der Waals surface area contributed by atoms with Crippen LogP contribution in [0.1, 0.15) is 18.1 Å². The largest absolute Gasteiger partial charge is 0.340 e. The third-order valence-corrected chi connectivity index (χ3v) is 6.84. The van der Waals surface area contributed by atoms with E-state index in [9.17, 15) is 13.2 Å². The molecule has 3 rings (SSSR count). The molecule has 0 atom stereocenters. The number of hydrogen-bond donors (Lipinski definition) is 0. The van der Waals surface area contributed by atoms with Gasteiger partial charge in [0.05, 0.1) is 5.02 Å². The molecule has 1 aromatic heterocycles. The fraction of sp³-hybridized carbons (Fsp3) is 0.438. The molecule has 11 heteroatoms. The number of sulfonamides is 1. The van der Waals surface area contributed by atoms with Gasteiger partial charge in [-0.15, -0.1) is 0 Å². The Bertz CT molecular complexity index is 940. The number of rotatable bonds is 5. The summed E-state index contributed by atoms with van der Waals surface area (Å²) in [5.41, 5.74) is 0. The summed E-state index contributed by atoms with van der Waals surface area (Å²) in [6.45, 7) is 2.70. The van der Waals surface area contributed by atoms with Gasteiger partial charge in [-0.25, -0.2) is 8.42 Å². The van der Waals surface area contributed by atoms with Gasteiger partial charge < -0.3 is 9.42 Å². The molecule has 1 aromatic carbocycles. The van der Waals surface area contributed by atoms with E-state index < -0.39 is 10.0 Å². The molecule has 0 unspecified atom stereocenters. The van der Waals surface area contributed by atoms with Gasteiger partial charge in [-0.1, -0.05) is 28.4 Å². The van der Waals surface area contributed by atoms with Crippen molar-refractivity contribution in [2.45, 2.75) is 24.7 Å². The molecule has 0 spiro atoms. The molecule has 1 fully saturated rings. The lowest BCUT2D eigenvalue weighted by atomic mass is 10.2. The summed E-state index contributed by atoms with van der Waals surface area (Å²) >= 11 is 11.9. The Labute approximate surface area is 167 Å². The Kier molecular flexibility index (Phi) is 6.05. The van der Waals surface area contributed by atoms with Crippen LogP contribution in [0.15, 0.2) is 27.6 Å². The molecule has 1 aliphatic rings. The van der Waals surface area contributed by atoms with E-state index in [1.54, 1.807) is 11.8 Å². The van der Waals surface area contributed by atoms with Crippen LogP contribution in [-0.4, -0.2) is 59.8 Å². The highest BCUT2D eigenvalue weighted by molar-refractivity contribution is 7.89. The predicted molar refractivity (Wildman–Crippen MR) is 99.2 cm³/mol. The van der Waals surface area contributed by atoms with Crippen molar-refractivity contribution in [1.82, 2.24) is 19.3 Å². The van der Waals surface area contributed by atoms with Crippen molar-refractivity contribution in [3.63, 3.8) is 0 Å². The van der Waals surface area contributed by atoms with Crippen molar-refractivity contribution < 1.29 is 17.7 Å². The van der Waals surface area contributed by atoms with Crippen LogP contribution in [0.4, 0.5) is 0 Å². The smallest absolute Gasteiger partial charge is 0.244 e. The number of carbonyl (C=O) groups is 1. The van der Waals surface area contributed by atoms with Crippen molar-refractivity contribution in [2.75, 3.05) is 26.2 Å². The number of aromatic nitrogens is 2. The van der Waals surface area contributed by atoms with Crippen LogP contribution >= 0.6 is 23.2 Å². The van der Waals surface area contributed by atoms with Crippen LogP contribution in [0.25, 0.3) is 0 Å². The lowest BCUT2D eigenvalue weighted by Gasteiger charge is -2.34. The van der Waals surface area contributed by atoms with Crippen molar-refractivity contribution in [2.24, 2.45) is 0 Å². The lowest BCUT2D eigenvalue weighted by molar-refractivity contribution is -0.132. The number of benzene rings is 1. The molecule has 27 heavy (non-hydrogen) atoms. The number of aryl methyl sites for hydroxylation is 2. The van der Waals surface area contributed by atoms with Crippen molar-refractivity contribution in [1.29, 1.82) is 0 Å². The molecule has 0 saturated carbocycles. The average molecular weight is 433 g/mol. The van der Waals surface area contributed by atoms with Crippen LogP contribution < -0.4 is 0 Å². The van der Waals surface area contributed by atoms with Gasteiger partial charge in [-0.3, -0.25) is 4.79 Å². The van der Waals surface area contributed by atoms with Gasteiger partial charge >= 0.3 is 0 Å². The SMILES string of the molecule is Cc1noc(CCC(=O)N2CCN(S(=O)(=O)c3cc(Cl)ccc3Cl)CC2)n1. The van der Waals surface area contributed by atoms with Crippen molar-refractivity contribution >= 4 is 39.1 Å². The zero-order valence-corrected chi connectivity index (χ0v) is 16.9. The van der Waals surface area contributed by atoms with Gasteiger partial charge in [0.25, 0.3) is 0 Å². The van der Waals surface area contributed by atoms with E-state index in [0.29, 0.717) is 36.2 Å². The quantitative estimate of drug-likeness (QED) is 0.717. The summed E-state index contributed by atoms with van der Waals surface area (Å²) < 4.78 is 31.9. The van der Waals surface area contributed by atoms with Crippen LogP contribution in [0.5, 0.6) is 0 Å². The molecule has 1 saturated heterocycles. The predicted octanol–water partition coefficient (Wildman–Crippen LogP) is 2.15. The molecule has 0 N–H and O–H groups in total. The fourth-order valence-electron chi connectivity index (χ4n) is 2.81. The van der Waals surface area contributed by atoms with Crippen LogP contribution in [0.2, 0.25) is 10.0 Å². The molecular weight excluding hydrogens is 415 g/mol. The molecular formula is C16H18Cl2N4O4S. The lowest BCUT2D eigenvalue weighted by Crippen LogP contribution is -2.50. The summed E-state index contributed by atoms with van der Waals surface area (Å²) in [5.74, 6) is 0.859. The minimum absolute atomic E-state index is 0.0248. The van der Waals surface area contributed by atoms with Gasteiger partial charge in [-0.2, -0.15) is 9.29 Å². The van der Waals surface area contributed by atoms with Gasteiger partial charge in [0.2, 0.25) is 21.8 Å². The van der Waals surface area contributed by atoms with Crippen molar-refractivity contribution in [3.8, 4) is 0 Å². The minimum Gasteiger partial charge on any atom is -0.340 e. The molecule has 2 heterocycles. The second-order valence-corrected chi connectivity index (χ2v) is 8.84. The molecule has 0 aliphatic carbocycles. The highest BCUT2D eigenvalue weighted by atomic mass is 35.5. The first-order valence-corrected chi connectivity index (χ1v) is 10.5. The first-order chi connectivity index (χ1) is 12.8. The standard InChI is InChI=1S/C16H18Cl2N4O4S/c1-11-19-15(26-20-11)4-5-16(23)21-6-8-22(9-7-21)27(24,25)14-10-12(17)2-3-13(14)18/h2-3,10H,4-9H2,1H3. The zero-order valence-electron chi connectivity index (χ0n) is 14.6. The van der Waals surface area contributed by atoms with E-state index in [2.05, 4.69) is 10.1 Å². The van der Waals surface area contributed by atoms with Crippen LogP contribution in [0.3, 0.4) is 0 Å². The highest BCUT2D eigenvalue weighted by Gasteiger charge is 2.31. The second kappa shape index (κ2) is 8.14. The molecule has 1 aliphatic heterocycles. The molecule has 0 radical (unpaired) electrons. The minimum atomic E-state index is -3.77. The Hall–Kier alpha value is -1.68. The molecule has 1 amide bonds. The summed E-state index contributed by atoms with van der Waals surface area (Å²) in [4.78, 5) is 18.0. The van der Waals surface area contributed by atoms with Crippen LogP contribution in [-0.2, 0) is 21.2 Å². The maximum absolute atomic E-state index is 12.8. The zero-order chi connectivity index (χ0) is 19.6. The van der Waals surface area contributed by atoms with E-state index in [1.165, 1.54) is 22.5 Å². The number of nitrogens with zero attached hydrogens (tertiary/aromatic N) is 4. The van der Waals surface area contributed by atoms with E-state index in [0.717, 1.165) is 0 Å². The first-order valence-electron chi connectivity index (χ1n) is 8.29. The summed E-state index contributed by atoms with van der Waals surface area (Å²) in [6.07, 6.45) is 0.588. The Morgan fingerprint density at radius 2 is 1.93 bits per heavy atom. The van der Waals surface area contributed by atoms with E-state index in [1.807, 2.05) is 0 Å². The molecule has 2 aromatic rings. The Morgan fingerprint density at radius 3 is 2.56 bits per heavy atom. The summed E-state index contributed by atoms with van der Waals surface area (Å²) in [6, 6.07) is 4.32. The van der Waals surface area contributed by atoms with Crippen LogP contribution in [0, 0.1) is 6.92 Å². The Balaban J connectivity index is 1.59. The van der Waals surface area contributed by atoms with E-state index in [4.69, 9.17) is 27.7 Å². The van der Waals surface area contributed by atoms with E-state index >= 15 is 0 Å². The Morgan fingerprint density at radius 1 is 1.22 bits per heavy atom.